The van der Waals surface area contributed by atoms with Crippen molar-refractivity contribution in [3.8, 4) is 5.75 Å². The molecule has 3 N–H and O–H groups in total. The third-order valence-electron chi connectivity index (χ3n) is 5.91. The van der Waals surface area contributed by atoms with E-state index in [2.05, 4.69) is 10.1 Å². The number of halogens is 5. The van der Waals surface area contributed by atoms with Gasteiger partial charge in [-0.1, -0.05) is 13.0 Å². The highest BCUT2D eigenvalue weighted by Crippen LogP contribution is 2.55. The maximum Gasteiger partial charge on any atom is 0.417 e. The fourth-order valence-corrected chi connectivity index (χ4v) is 3.89. The molecule has 8 nitrogen and oxygen atoms in total. The number of anilines is 1. The van der Waals surface area contributed by atoms with Crippen LogP contribution in [0.4, 0.5) is 27.6 Å². The number of benzene rings is 1. The van der Waals surface area contributed by atoms with Crippen molar-refractivity contribution >= 4 is 17.5 Å². The number of rotatable bonds is 5. The second-order valence-corrected chi connectivity index (χ2v) is 7.82. The molecule has 2 amide bonds. The van der Waals surface area contributed by atoms with Crippen LogP contribution in [0, 0.1) is 22.8 Å². The third-order valence-corrected chi connectivity index (χ3v) is 5.91. The van der Waals surface area contributed by atoms with Gasteiger partial charge in [0.15, 0.2) is 23.4 Å². The maximum absolute atomic E-state index is 14.6. The lowest BCUT2D eigenvalue weighted by molar-refractivity contribution is -0.607. The normalized spacial score (nSPS) is 26.3. The first-order valence-corrected chi connectivity index (χ1v) is 9.62. The van der Waals surface area contributed by atoms with Crippen LogP contribution in [0.3, 0.4) is 0 Å². The van der Waals surface area contributed by atoms with E-state index in [1.54, 1.807) is 0 Å². The first-order chi connectivity index (χ1) is 16.9. The summed E-state index contributed by atoms with van der Waals surface area (Å²) in [7, 11) is -3.32. The highest BCUT2D eigenvalue weighted by molar-refractivity contribution is 5.97. The number of hydrogen-bond acceptors (Lipinski definition) is 5. The lowest BCUT2D eigenvalue weighted by atomic mass is 9.77. The molecule has 4 atom stereocenters. The average Bonchev–Trinajstić information content (AvgIpc) is 3.04. The molecule has 2 aromatic rings. The van der Waals surface area contributed by atoms with Gasteiger partial charge in [0.1, 0.15) is 6.10 Å². The van der Waals surface area contributed by atoms with Crippen molar-refractivity contribution in [1.82, 2.24) is 0 Å². The number of carbonyl (C=O) groups excluding carboxylic acids is 2. The molecule has 184 valence electrons. The number of nitrogens with zero attached hydrogens (tertiary/aromatic N) is 1. The first kappa shape index (κ1) is 21.1. The van der Waals surface area contributed by atoms with Crippen LogP contribution in [0.5, 0.6) is 5.75 Å². The quantitative estimate of drug-likeness (QED) is 0.378. The van der Waals surface area contributed by atoms with Crippen molar-refractivity contribution in [1.29, 1.82) is 0 Å². The number of methoxy groups -OCH3 is 1. The molecule has 0 unspecified atom stereocenters. The number of hydrogen-bond donors (Lipinski definition) is 2. The molecule has 1 aliphatic rings. The summed E-state index contributed by atoms with van der Waals surface area (Å²) in [6, 6.07) is 3.24. The summed E-state index contributed by atoms with van der Waals surface area (Å²) in [5, 5.41) is 13.9. The largest absolute Gasteiger partial charge is 0.618 e. The molecule has 2 heterocycles. The van der Waals surface area contributed by atoms with Crippen LogP contribution in [-0.4, -0.2) is 36.7 Å². The Hall–Kier alpha value is -3.48. The van der Waals surface area contributed by atoms with Gasteiger partial charge in [-0.2, -0.15) is 22.3 Å². The highest BCUT2D eigenvalue weighted by Gasteiger charge is 2.65. The zero-order valence-electron chi connectivity index (χ0n) is 20.6. The van der Waals surface area contributed by atoms with Crippen LogP contribution in [-0.2, 0) is 9.53 Å². The molecule has 34 heavy (non-hydrogen) atoms. The van der Waals surface area contributed by atoms with E-state index in [-0.39, 0.29) is 10.4 Å². The predicted molar refractivity (Wildman–Crippen MR) is 107 cm³/mol. The molecule has 0 aliphatic carbocycles. The molecular formula is C21H20F5N3O5. The lowest BCUT2D eigenvalue weighted by Gasteiger charge is -2.32. The zero-order valence-corrected chi connectivity index (χ0v) is 17.6. The van der Waals surface area contributed by atoms with Gasteiger partial charge in [0, 0.05) is 29.5 Å². The zero-order chi connectivity index (χ0) is 28.1. The van der Waals surface area contributed by atoms with E-state index in [0.29, 0.717) is 13.0 Å². The van der Waals surface area contributed by atoms with Crippen molar-refractivity contribution in [2.75, 3.05) is 12.4 Å². The molecule has 1 aromatic carbocycles. The minimum absolute atomic E-state index is 0.0926. The Kier molecular flexibility index (Phi) is 5.40. The van der Waals surface area contributed by atoms with E-state index in [9.17, 15) is 36.7 Å². The Labute approximate surface area is 194 Å². The van der Waals surface area contributed by atoms with Gasteiger partial charge in [-0.05, 0) is 13.0 Å². The molecule has 1 aliphatic heterocycles. The Balaban J connectivity index is 2.13. The van der Waals surface area contributed by atoms with Gasteiger partial charge < -0.3 is 25.7 Å². The smallest absolute Gasteiger partial charge is 0.417 e. The molecular weight excluding hydrogens is 469 g/mol. The number of pyridine rings is 1. The van der Waals surface area contributed by atoms with E-state index in [4.69, 9.17) is 14.6 Å². The Morgan fingerprint density at radius 1 is 1.32 bits per heavy atom. The maximum atomic E-state index is 14.6. The van der Waals surface area contributed by atoms with Crippen LogP contribution >= 0.6 is 0 Å². The summed E-state index contributed by atoms with van der Waals surface area (Å²) >= 11 is 0. The monoisotopic (exact) mass is 492 g/mol. The molecule has 0 radical (unpaired) electrons. The number of primary amides is 1. The van der Waals surface area contributed by atoms with Crippen molar-refractivity contribution in [2.24, 2.45) is 11.7 Å². The van der Waals surface area contributed by atoms with Gasteiger partial charge in [-0.3, -0.25) is 9.59 Å². The van der Waals surface area contributed by atoms with E-state index in [0.717, 1.165) is 31.3 Å². The van der Waals surface area contributed by atoms with Crippen LogP contribution < -0.4 is 20.5 Å². The molecule has 13 heteroatoms. The molecule has 1 fully saturated rings. The lowest BCUT2D eigenvalue weighted by Crippen LogP contribution is -2.47. The number of aromatic nitrogens is 1. The average molecular weight is 492 g/mol. The molecule has 1 saturated heterocycles. The molecule has 0 saturated carbocycles. The third kappa shape index (κ3) is 4.11. The molecule has 1 aromatic heterocycles. The molecule has 0 spiro atoms. The van der Waals surface area contributed by atoms with Crippen molar-refractivity contribution < 1.29 is 49.9 Å². The van der Waals surface area contributed by atoms with Crippen LogP contribution in [0.15, 0.2) is 30.5 Å². The minimum atomic E-state index is -5.05. The van der Waals surface area contributed by atoms with E-state index in [1.807, 2.05) is 0 Å². The number of alkyl halides is 3. The predicted octanol–water partition coefficient (Wildman–Crippen LogP) is 2.78. The summed E-state index contributed by atoms with van der Waals surface area (Å²) in [6.45, 7) is 1.69. The van der Waals surface area contributed by atoms with Gasteiger partial charge in [-0.15, -0.1) is 0 Å². The van der Waals surface area contributed by atoms with Crippen molar-refractivity contribution in [3.05, 3.63) is 58.6 Å². The summed E-state index contributed by atoms with van der Waals surface area (Å²) in [5.41, 5.74) is 0.723. The first-order valence-electron chi connectivity index (χ1n) is 11.1. The number of amides is 2. The van der Waals surface area contributed by atoms with Gasteiger partial charge >= 0.3 is 12.1 Å². The van der Waals surface area contributed by atoms with Gasteiger partial charge in [0.05, 0.1) is 16.8 Å². The van der Waals surface area contributed by atoms with Crippen LogP contribution in [0.25, 0.3) is 0 Å². The molecule has 0 bridgehead atoms. The van der Waals surface area contributed by atoms with Gasteiger partial charge in [-0.25, -0.2) is 4.39 Å². The van der Waals surface area contributed by atoms with Gasteiger partial charge in [0.2, 0.25) is 5.82 Å². The highest BCUT2D eigenvalue weighted by atomic mass is 19.4. The fraction of sp³-hybridized carbons (Fsp3) is 0.381. The number of carbonyl (C=O) groups is 2. The second-order valence-electron chi connectivity index (χ2n) is 7.82. The topological polar surface area (TPSA) is 118 Å². The summed E-state index contributed by atoms with van der Waals surface area (Å²) in [4.78, 5) is 24.6. The summed E-state index contributed by atoms with van der Waals surface area (Å²) in [5.74, 6) is -10.2. The summed E-state index contributed by atoms with van der Waals surface area (Å²) < 4.78 is 102. The number of ether oxygens (including phenoxy) is 2. The van der Waals surface area contributed by atoms with E-state index < -0.39 is 77.2 Å². The summed E-state index contributed by atoms with van der Waals surface area (Å²) in [6.07, 6.45) is -6.28. The van der Waals surface area contributed by atoms with E-state index in [1.165, 1.54) is 0 Å². The van der Waals surface area contributed by atoms with Crippen molar-refractivity contribution in [3.63, 3.8) is 0 Å². The van der Waals surface area contributed by atoms with E-state index >= 15 is 0 Å². The number of nitrogens with one attached hydrogen (secondary N) is 1. The Morgan fingerprint density at radius 2 is 2.00 bits per heavy atom. The second kappa shape index (κ2) is 8.70. The Morgan fingerprint density at radius 3 is 2.59 bits per heavy atom. The van der Waals surface area contributed by atoms with Crippen LogP contribution in [0.2, 0.25) is 0 Å². The number of nitrogens with two attached hydrogens (primary N) is 1. The fourth-order valence-electron chi connectivity index (χ4n) is 3.89. The van der Waals surface area contributed by atoms with Gasteiger partial charge in [0.25, 0.3) is 11.6 Å². The SMILES string of the molecule is [2H]C([2H])([2H])Oc1c([C@H]2[C@H](C(=O)Nc3cc[n+]([O-])c(C(N)=O)c3)O[C@](C)(C(F)(F)F)[C@H]2C)ccc(F)c1F. The Bertz CT molecular complexity index is 1240. The van der Waals surface area contributed by atoms with Crippen molar-refractivity contribution in [2.45, 2.75) is 37.6 Å². The molecule has 3 rings (SSSR count). The minimum Gasteiger partial charge on any atom is -0.618 e. The standard InChI is InChI=1S/C21H20F5N3O5/c1-9-14(11-4-5-12(22)15(23)16(11)33-3)17(34-20(9,2)21(24,25)26)19(31)28-10-6-7-29(32)13(8-10)18(27)30/h4-9,14,17H,1-3H3,(H2,27,30)(H,28,31)/t9-,14-,17+,20-/m0/s1/i3D3. The van der Waals surface area contributed by atoms with Crippen LogP contribution in [0.1, 0.15) is 39.9 Å².